The Labute approximate surface area is 165 Å². The Kier molecular flexibility index (Phi) is 7.33. The van der Waals surface area contributed by atoms with E-state index in [1.165, 1.54) is 6.42 Å². The van der Waals surface area contributed by atoms with Gasteiger partial charge in [-0.3, -0.25) is 9.59 Å². The minimum absolute atomic E-state index is 0. The van der Waals surface area contributed by atoms with E-state index in [9.17, 15) is 9.59 Å². The Morgan fingerprint density at radius 3 is 2.50 bits per heavy atom. The lowest BCUT2D eigenvalue weighted by Crippen LogP contribution is -2.48. The van der Waals surface area contributed by atoms with E-state index in [1.54, 1.807) is 18.2 Å². The van der Waals surface area contributed by atoms with Crippen molar-refractivity contribution in [1.82, 2.24) is 5.32 Å². The van der Waals surface area contributed by atoms with Gasteiger partial charge in [-0.15, -0.1) is 12.4 Å². The van der Waals surface area contributed by atoms with Crippen LogP contribution in [0.1, 0.15) is 49.4 Å². The predicted octanol–water partition coefficient (Wildman–Crippen LogP) is 3.60. The summed E-state index contributed by atoms with van der Waals surface area (Å²) in [5.74, 6) is 0.584. The van der Waals surface area contributed by atoms with Crippen molar-refractivity contribution in [2.45, 2.75) is 45.1 Å². The van der Waals surface area contributed by atoms with E-state index in [2.05, 4.69) is 10.6 Å². The van der Waals surface area contributed by atoms with Crippen LogP contribution in [-0.4, -0.2) is 24.4 Å². The Hall–Kier alpha value is -1.30. The lowest BCUT2D eigenvalue weighted by Gasteiger charge is -2.43. The van der Waals surface area contributed by atoms with Gasteiger partial charge in [0.1, 0.15) is 0 Å². The van der Waals surface area contributed by atoms with Crippen LogP contribution in [0.15, 0.2) is 18.2 Å². The molecule has 2 amide bonds. The number of carbonyl (C=O) groups is 2. The monoisotopic (exact) mass is 399 g/mol. The number of rotatable bonds is 4. The molecule has 2 aliphatic carbocycles. The molecular formula is C19H27Cl2N3O2. The smallest absolute Gasteiger partial charge is 0.253 e. The fourth-order valence-electron chi connectivity index (χ4n) is 4.31. The third kappa shape index (κ3) is 4.51. The minimum Gasteiger partial charge on any atom is -0.352 e. The Morgan fingerprint density at radius 1 is 1.23 bits per heavy atom. The molecule has 2 bridgehead atoms. The summed E-state index contributed by atoms with van der Waals surface area (Å²) in [5.41, 5.74) is 7.23. The summed E-state index contributed by atoms with van der Waals surface area (Å²) in [6.07, 6.45) is 5.11. The fraction of sp³-hybridized carbons (Fsp3) is 0.579. The van der Waals surface area contributed by atoms with E-state index in [4.69, 9.17) is 17.3 Å². The van der Waals surface area contributed by atoms with Gasteiger partial charge in [0.05, 0.1) is 11.3 Å². The molecule has 1 aromatic carbocycles. The van der Waals surface area contributed by atoms with Crippen LogP contribution in [0.2, 0.25) is 5.02 Å². The van der Waals surface area contributed by atoms with Crippen molar-refractivity contribution in [3.63, 3.8) is 0 Å². The topological polar surface area (TPSA) is 84.2 Å². The van der Waals surface area contributed by atoms with Gasteiger partial charge in [-0.2, -0.15) is 0 Å². The maximum atomic E-state index is 12.8. The average molecular weight is 400 g/mol. The number of hydrogen-bond donors (Lipinski definition) is 3. The highest BCUT2D eigenvalue weighted by Crippen LogP contribution is 2.42. The highest BCUT2D eigenvalue weighted by molar-refractivity contribution is 6.31. The summed E-state index contributed by atoms with van der Waals surface area (Å²) < 4.78 is 0. The summed E-state index contributed by atoms with van der Waals surface area (Å²) in [4.78, 5) is 25.0. The van der Waals surface area contributed by atoms with Gasteiger partial charge in [0.2, 0.25) is 5.91 Å². The first kappa shape index (κ1) is 21.0. The maximum Gasteiger partial charge on any atom is 0.253 e. The largest absolute Gasteiger partial charge is 0.352 e. The number of fused-ring (bicyclic) bond motifs is 2. The minimum atomic E-state index is -0.211. The molecule has 0 spiro atoms. The molecule has 0 radical (unpaired) electrons. The van der Waals surface area contributed by atoms with Crippen LogP contribution in [0.3, 0.4) is 0 Å². The van der Waals surface area contributed by atoms with Crippen molar-refractivity contribution in [2.75, 3.05) is 11.9 Å². The molecule has 7 heteroatoms. The first-order chi connectivity index (χ1) is 12.0. The van der Waals surface area contributed by atoms with Crippen molar-refractivity contribution in [1.29, 1.82) is 0 Å². The van der Waals surface area contributed by atoms with Crippen LogP contribution in [0.4, 0.5) is 5.69 Å². The van der Waals surface area contributed by atoms with Crippen LogP contribution in [0, 0.1) is 17.8 Å². The number of hydrogen-bond acceptors (Lipinski definition) is 3. The highest BCUT2D eigenvalue weighted by Gasteiger charge is 2.40. The zero-order valence-corrected chi connectivity index (χ0v) is 16.5. The van der Waals surface area contributed by atoms with Crippen molar-refractivity contribution < 1.29 is 9.59 Å². The normalized spacial score (nSPS) is 27.2. The van der Waals surface area contributed by atoms with Crippen molar-refractivity contribution >= 4 is 41.5 Å². The van der Waals surface area contributed by atoms with E-state index in [0.29, 0.717) is 34.7 Å². The molecule has 2 unspecified atom stereocenters. The second-order valence-corrected chi connectivity index (χ2v) is 7.67. The van der Waals surface area contributed by atoms with Crippen molar-refractivity contribution in [3.8, 4) is 0 Å². The molecule has 0 heterocycles. The van der Waals surface area contributed by atoms with Gasteiger partial charge < -0.3 is 16.4 Å². The molecule has 2 aliphatic rings. The summed E-state index contributed by atoms with van der Waals surface area (Å²) in [6.45, 7) is 2.38. The van der Waals surface area contributed by atoms with Crippen LogP contribution < -0.4 is 16.4 Å². The lowest BCUT2D eigenvalue weighted by molar-refractivity contribution is -0.122. The number of carbonyl (C=O) groups excluding carboxylic acids is 2. The number of nitrogens with one attached hydrogen (secondary N) is 2. The van der Waals surface area contributed by atoms with Gasteiger partial charge >= 0.3 is 0 Å². The molecule has 0 aliphatic heterocycles. The van der Waals surface area contributed by atoms with Gasteiger partial charge in [0.25, 0.3) is 5.91 Å². The number of benzene rings is 1. The van der Waals surface area contributed by atoms with Crippen molar-refractivity contribution in [2.24, 2.45) is 23.5 Å². The summed E-state index contributed by atoms with van der Waals surface area (Å²) in [5, 5.41) is 6.19. The fourth-order valence-corrected chi connectivity index (χ4v) is 4.48. The Balaban J connectivity index is 0.00000243. The summed E-state index contributed by atoms with van der Waals surface area (Å²) in [6, 6.07) is 5.18. The molecule has 26 heavy (non-hydrogen) atoms. The molecule has 4 N–H and O–H groups in total. The molecule has 3 rings (SSSR count). The van der Waals surface area contributed by atoms with Crippen LogP contribution in [-0.2, 0) is 4.79 Å². The third-order valence-corrected chi connectivity index (χ3v) is 5.84. The molecule has 144 valence electrons. The van der Waals surface area contributed by atoms with Gasteiger partial charge in [-0.1, -0.05) is 18.0 Å². The highest BCUT2D eigenvalue weighted by atomic mass is 35.5. The van der Waals surface area contributed by atoms with Crippen LogP contribution >= 0.6 is 24.0 Å². The number of amides is 2. The van der Waals surface area contributed by atoms with Crippen LogP contribution in [0.5, 0.6) is 0 Å². The average Bonchev–Trinajstić information content (AvgIpc) is 2.54. The molecule has 5 nitrogen and oxygen atoms in total. The Bertz CT molecular complexity index is 654. The second kappa shape index (κ2) is 9.07. The van der Waals surface area contributed by atoms with E-state index in [-0.39, 0.29) is 36.2 Å². The number of halogens is 2. The number of nitrogens with two attached hydrogens (primary N) is 1. The molecule has 1 aromatic rings. The van der Waals surface area contributed by atoms with Gasteiger partial charge in [0.15, 0.2) is 0 Å². The summed E-state index contributed by atoms with van der Waals surface area (Å²) >= 11 is 6.07. The second-order valence-electron chi connectivity index (χ2n) is 7.24. The van der Waals surface area contributed by atoms with E-state index >= 15 is 0 Å². The molecular weight excluding hydrogens is 373 g/mol. The molecule has 0 aromatic heterocycles. The van der Waals surface area contributed by atoms with Crippen molar-refractivity contribution in [3.05, 3.63) is 28.8 Å². The summed E-state index contributed by atoms with van der Waals surface area (Å²) in [7, 11) is 0. The molecule has 0 saturated heterocycles. The SMILES string of the molecule is CCNC(=O)c1ccc(Cl)cc1NC(=O)C1CC2CCCC(C1)C2N.Cl. The van der Waals surface area contributed by atoms with Gasteiger partial charge in [-0.05, 0) is 62.6 Å². The van der Waals surface area contributed by atoms with E-state index < -0.39 is 0 Å². The lowest BCUT2D eigenvalue weighted by atomic mass is 9.65. The molecule has 2 fully saturated rings. The number of anilines is 1. The van der Waals surface area contributed by atoms with Crippen LogP contribution in [0.25, 0.3) is 0 Å². The third-order valence-electron chi connectivity index (χ3n) is 5.61. The zero-order chi connectivity index (χ0) is 18.0. The molecule has 2 atom stereocenters. The van der Waals surface area contributed by atoms with Gasteiger partial charge in [0, 0.05) is 23.5 Å². The predicted molar refractivity (Wildman–Crippen MR) is 107 cm³/mol. The zero-order valence-electron chi connectivity index (χ0n) is 15.0. The first-order valence-electron chi connectivity index (χ1n) is 9.13. The first-order valence-corrected chi connectivity index (χ1v) is 9.51. The quantitative estimate of drug-likeness (QED) is 0.722. The molecule has 2 saturated carbocycles. The van der Waals surface area contributed by atoms with E-state index in [1.807, 2.05) is 6.92 Å². The van der Waals surface area contributed by atoms with E-state index in [0.717, 1.165) is 25.7 Å². The maximum absolute atomic E-state index is 12.8. The van der Waals surface area contributed by atoms with Gasteiger partial charge in [-0.25, -0.2) is 0 Å². The standard InChI is InChI=1S/C19H26ClN3O2.ClH/c1-2-22-19(25)15-7-6-14(20)10-16(15)23-18(24)13-8-11-4-3-5-12(9-13)17(11)21;/h6-7,10-13,17H,2-5,8-9,21H2,1H3,(H,22,25)(H,23,24);1H. The Morgan fingerprint density at radius 2 is 1.88 bits per heavy atom.